The molecule has 0 saturated heterocycles. The maximum absolute atomic E-state index is 12.5. The number of esters is 1. The van der Waals surface area contributed by atoms with Crippen molar-refractivity contribution >= 4 is 14.0 Å². The fourth-order valence-corrected chi connectivity index (χ4v) is 3.78. The predicted octanol–water partition coefficient (Wildman–Crippen LogP) is 3.07. The molecule has 0 N–H and O–H groups in total. The van der Waals surface area contributed by atoms with E-state index in [2.05, 4.69) is 52.5 Å². The summed E-state index contributed by atoms with van der Waals surface area (Å²) in [5.41, 5.74) is 8.82. The number of carbonyl (C=O) groups is 1. The Labute approximate surface area is 170 Å². The number of benzene rings is 1. The average Bonchev–Trinajstić information content (AvgIpc) is 3.21. The van der Waals surface area contributed by atoms with Crippen LogP contribution in [0.5, 0.6) is 0 Å². The molecule has 0 fully saturated rings. The number of fused-ring (bicyclic) bond motifs is 5. The highest BCUT2D eigenvalue weighted by Gasteiger charge is 2.28. The third-order valence-electron chi connectivity index (χ3n) is 4.61. The number of ether oxygens (including phenoxy) is 1. The first kappa shape index (κ1) is 19.1. The van der Waals surface area contributed by atoms with E-state index in [0.29, 0.717) is 24.4 Å². The molecule has 0 bridgehead atoms. The van der Waals surface area contributed by atoms with Crippen LogP contribution in [0.1, 0.15) is 40.1 Å². The Bertz CT molecular complexity index is 1170. The molecule has 0 unspecified atom stereocenters. The van der Waals surface area contributed by atoms with Gasteiger partial charge in [-0.3, -0.25) is 4.57 Å². The van der Waals surface area contributed by atoms with Crippen LogP contribution in [0.4, 0.5) is 0 Å². The molecular formula is C21H23N5O2Si. The van der Waals surface area contributed by atoms with Gasteiger partial charge in [0.05, 0.1) is 29.4 Å². The van der Waals surface area contributed by atoms with Gasteiger partial charge in [0.25, 0.3) is 0 Å². The molecule has 1 aliphatic rings. The van der Waals surface area contributed by atoms with Crippen LogP contribution in [0.25, 0.3) is 11.4 Å². The van der Waals surface area contributed by atoms with Crippen LogP contribution in [0.2, 0.25) is 19.6 Å². The Kier molecular flexibility index (Phi) is 4.63. The summed E-state index contributed by atoms with van der Waals surface area (Å²) in [6, 6.07) is 6.10. The van der Waals surface area contributed by atoms with Crippen LogP contribution in [-0.2, 0) is 11.2 Å². The quantitative estimate of drug-likeness (QED) is 0.291. The second-order valence-corrected chi connectivity index (χ2v) is 12.8. The van der Waals surface area contributed by atoms with E-state index in [1.807, 2.05) is 28.3 Å². The normalized spacial score (nSPS) is 12.2. The van der Waals surface area contributed by atoms with Gasteiger partial charge in [-0.1, -0.05) is 36.8 Å². The SMILES string of the molecule is CCOC(=O)c1ncn2c1Cc1c(C#C[Si](C)(C)C)nnn1-c1cc(C)ccc1-2. The van der Waals surface area contributed by atoms with Crippen LogP contribution in [0.3, 0.4) is 0 Å². The Morgan fingerprint density at radius 3 is 2.76 bits per heavy atom. The molecule has 148 valence electrons. The van der Waals surface area contributed by atoms with E-state index in [1.165, 1.54) is 0 Å². The molecule has 3 aromatic rings. The first-order chi connectivity index (χ1) is 13.8. The van der Waals surface area contributed by atoms with Crippen molar-refractivity contribution in [2.75, 3.05) is 6.61 Å². The van der Waals surface area contributed by atoms with Gasteiger partial charge in [-0.2, -0.15) is 0 Å². The maximum atomic E-state index is 12.5. The molecule has 3 heterocycles. The summed E-state index contributed by atoms with van der Waals surface area (Å²) >= 11 is 0. The Morgan fingerprint density at radius 1 is 1.24 bits per heavy atom. The molecule has 4 rings (SSSR count). The number of nitrogens with zero attached hydrogens (tertiary/aromatic N) is 5. The lowest BCUT2D eigenvalue weighted by Gasteiger charge is -2.10. The minimum atomic E-state index is -1.58. The summed E-state index contributed by atoms with van der Waals surface area (Å²) in [4.78, 5) is 16.9. The van der Waals surface area contributed by atoms with Crippen LogP contribution in [0.15, 0.2) is 24.5 Å². The third kappa shape index (κ3) is 3.49. The Morgan fingerprint density at radius 2 is 2.03 bits per heavy atom. The maximum Gasteiger partial charge on any atom is 0.358 e. The van der Waals surface area contributed by atoms with Gasteiger partial charge in [-0.15, -0.1) is 10.6 Å². The van der Waals surface area contributed by atoms with Crippen molar-refractivity contribution in [1.29, 1.82) is 0 Å². The smallest absolute Gasteiger partial charge is 0.358 e. The van der Waals surface area contributed by atoms with Crippen molar-refractivity contribution < 1.29 is 9.53 Å². The first-order valence-electron chi connectivity index (χ1n) is 9.61. The van der Waals surface area contributed by atoms with Gasteiger partial charge in [0.1, 0.15) is 14.4 Å². The lowest BCUT2D eigenvalue weighted by atomic mass is 10.1. The summed E-state index contributed by atoms with van der Waals surface area (Å²) in [5, 5.41) is 8.76. The lowest BCUT2D eigenvalue weighted by Crippen LogP contribution is -2.16. The first-order valence-corrected chi connectivity index (χ1v) is 13.1. The van der Waals surface area contributed by atoms with Gasteiger partial charge in [0.2, 0.25) is 0 Å². The van der Waals surface area contributed by atoms with E-state index in [0.717, 1.165) is 28.3 Å². The number of carbonyl (C=O) groups excluding carboxylic acids is 1. The molecule has 0 saturated carbocycles. The number of imidazole rings is 1. The van der Waals surface area contributed by atoms with E-state index < -0.39 is 14.0 Å². The molecule has 0 spiro atoms. The van der Waals surface area contributed by atoms with E-state index in [1.54, 1.807) is 13.3 Å². The fourth-order valence-electron chi connectivity index (χ4n) is 3.28. The largest absolute Gasteiger partial charge is 0.461 e. The van der Waals surface area contributed by atoms with Crippen LogP contribution in [-0.4, -0.2) is 45.2 Å². The summed E-state index contributed by atoms with van der Waals surface area (Å²) in [7, 11) is -1.58. The number of rotatable bonds is 2. The second-order valence-electron chi connectivity index (χ2n) is 8.10. The monoisotopic (exact) mass is 405 g/mol. The fraction of sp³-hybridized carbons (Fsp3) is 0.333. The van der Waals surface area contributed by atoms with Crippen molar-refractivity contribution in [1.82, 2.24) is 24.5 Å². The topological polar surface area (TPSA) is 74.8 Å². The summed E-state index contributed by atoms with van der Waals surface area (Å²) in [6.07, 6.45) is 2.10. The summed E-state index contributed by atoms with van der Waals surface area (Å²) < 4.78 is 8.98. The molecule has 0 amide bonds. The molecule has 29 heavy (non-hydrogen) atoms. The lowest BCUT2D eigenvalue weighted by molar-refractivity contribution is 0.0519. The van der Waals surface area contributed by atoms with Gasteiger partial charge < -0.3 is 4.74 Å². The number of aryl methyl sites for hydroxylation is 1. The zero-order chi connectivity index (χ0) is 20.8. The van der Waals surface area contributed by atoms with Crippen molar-refractivity contribution in [3.05, 3.63) is 52.9 Å². The summed E-state index contributed by atoms with van der Waals surface area (Å²) in [5.74, 6) is 2.81. The van der Waals surface area contributed by atoms with Crippen molar-refractivity contribution in [3.8, 4) is 22.8 Å². The molecule has 8 heteroatoms. The minimum Gasteiger partial charge on any atom is -0.461 e. The van der Waals surface area contributed by atoms with Crippen molar-refractivity contribution in [2.24, 2.45) is 0 Å². The molecule has 0 atom stereocenters. The van der Waals surface area contributed by atoms with Crippen molar-refractivity contribution in [3.63, 3.8) is 0 Å². The minimum absolute atomic E-state index is 0.299. The Balaban J connectivity index is 1.96. The van der Waals surface area contributed by atoms with Gasteiger partial charge in [-0.05, 0) is 31.5 Å². The number of hydrogen-bond donors (Lipinski definition) is 0. The molecule has 7 nitrogen and oxygen atoms in total. The van der Waals surface area contributed by atoms with Crippen LogP contribution < -0.4 is 0 Å². The second kappa shape index (κ2) is 7.01. The molecule has 1 aromatic carbocycles. The van der Waals surface area contributed by atoms with Crippen LogP contribution >= 0.6 is 0 Å². The van der Waals surface area contributed by atoms with Gasteiger partial charge in [-0.25, -0.2) is 14.5 Å². The number of aromatic nitrogens is 5. The van der Waals surface area contributed by atoms with Gasteiger partial charge in [0.15, 0.2) is 11.4 Å². The van der Waals surface area contributed by atoms with E-state index in [-0.39, 0.29) is 0 Å². The molecule has 0 aliphatic carbocycles. The van der Waals surface area contributed by atoms with E-state index in [9.17, 15) is 4.79 Å². The highest BCUT2D eigenvalue weighted by atomic mass is 28.3. The standard InChI is InChI=1S/C21H23N5O2Si/c1-6-28-21(27)20-19-12-17-15(9-10-29(3,4)5)23-24-26(17)18-11-14(2)7-8-16(18)25(19)13-22-20/h7-8,11,13H,6,12H2,1-5H3. The third-order valence-corrected chi connectivity index (χ3v) is 5.48. The Hall–Kier alpha value is -3.18. The van der Waals surface area contributed by atoms with Crippen molar-refractivity contribution in [2.45, 2.75) is 39.9 Å². The highest BCUT2D eigenvalue weighted by Crippen LogP contribution is 2.30. The van der Waals surface area contributed by atoms with E-state index >= 15 is 0 Å². The predicted molar refractivity (Wildman–Crippen MR) is 112 cm³/mol. The molecular weight excluding hydrogens is 382 g/mol. The van der Waals surface area contributed by atoms with Gasteiger partial charge >= 0.3 is 5.97 Å². The number of hydrogen-bond acceptors (Lipinski definition) is 5. The molecule has 0 radical (unpaired) electrons. The molecule has 2 aromatic heterocycles. The average molecular weight is 406 g/mol. The van der Waals surface area contributed by atoms with Crippen LogP contribution in [0, 0.1) is 18.4 Å². The summed E-state index contributed by atoms with van der Waals surface area (Å²) in [6.45, 7) is 10.7. The molecule has 1 aliphatic heterocycles. The highest BCUT2D eigenvalue weighted by molar-refractivity contribution is 6.83. The van der Waals surface area contributed by atoms with E-state index in [4.69, 9.17) is 4.74 Å². The van der Waals surface area contributed by atoms with Gasteiger partial charge in [0, 0.05) is 6.42 Å². The zero-order valence-corrected chi connectivity index (χ0v) is 18.3. The zero-order valence-electron chi connectivity index (χ0n) is 17.3.